The Hall–Kier alpha value is -2.74. The molecule has 2 fully saturated rings. The molecule has 2 amide bonds. The number of piperazine rings is 1. The van der Waals surface area contributed by atoms with Gasteiger partial charge in [-0.1, -0.05) is 26.0 Å². The highest BCUT2D eigenvalue weighted by molar-refractivity contribution is 5.81. The number of hydrogen-bond acceptors (Lipinski definition) is 5. The minimum Gasteiger partial charge on any atom is -0.341 e. The van der Waals surface area contributed by atoms with Crippen LogP contribution in [0.3, 0.4) is 0 Å². The van der Waals surface area contributed by atoms with Crippen LogP contribution in [0.5, 0.6) is 0 Å². The largest absolute Gasteiger partial charge is 0.341 e. The molecule has 0 bridgehead atoms. The summed E-state index contributed by atoms with van der Waals surface area (Å²) in [6.07, 6.45) is 2.64. The predicted octanol–water partition coefficient (Wildman–Crippen LogP) is 1.35. The molecule has 2 saturated heterocycles. The molecule has 0 radical (unpaired) electrons. The molecule has 0 N–H and O–H groups in total. The fourth-order valence-electron chi connectivity index (χ4n) is 5.01. The molecule has 2 aliphatic rings. The molecule has 4 rings (SSSR count). The highest BCUT2D eigenvalue weighted by Crippen LogP contribution is 2.21. The SMILES string of the molecule is Cc1cccc2c(=O)n(CC(=O)N3CCN(CC(=O)N4CC(C)CC(C)C4)CC3)cnc12. The Morgan fingerprint density at radius 2 is 1.62 bits per heavy atom. The summed E-state index contributed by atoms with van der Waals surface area (Å²) in [6.45, 7) is 10.9. The lowest BCUT2D eigenvalue weighted by Crippen LogP contribution is -2.53. The van der Waals surface area contributed by atoms with E-state index in [1.54, 1.807) is 11.0 Å². The average molecular weight is 440 g/mol. The minimum absolute atomic E-state index is 0.0157. The van der Waals surface area contributed by atoms with Crippen LogP contribution in [-0.2, 0) is 16.1 Å². The lowest BCUT2D eigenvalue weighted by atomic mass is 9.92. The number of carbonyl (C=O) groups is 2. The first-order valence-electron chi connectivity index (χ1n) is 11.5. The molecule has 1 aromatic carbocycles. The predicted molar refractivity (Wildman–Crippen MR) is 123 cm³/mol. The average Bonchev–Trinajstić information content (AvgIpc) is 2.76. The van der Waals surface area contributed by atoms with Crippen molar-refractivity contribution in [2.75, 3.05) is 45.8 Å². The third-order valence-corrected chi connectivity index (χ3v) is 6.67. The van der Waals surface area contributed by atoms with E-state index in [1.165, 1.54) is 17.3 Å². The van der Waals surface area contributed by atoms with Crippen molar-refractivity contribution in [2.24, 2.45) is 11.8 Å². The minimum atomic E-state index is -0.193. The maximum Gasteiger partial charge on any atom is 0.261 e. The molecule has 1 aromatic heterocycles. The van der Waals surface area contributed by atoms with Crippen LogP contribution in [0.25, 0.3) is 10.9 Å². The number of fused-ring (bicyclic) bond motifs is 1. The molecule has 3 heterocycles. The molecule has 8 heteroatoms. The maximum atomic E-state index is 12.8. The first-order chi connectivity index (χ1) is 15.3. The molecular weight excluding hydrogens is 406 g/mol. The van der Waals surface area contributed by atoms with Crippen molar-refractivity contribution in [3.05, 3.63) is 40.4 Å². The van der Waals surface area contributed by atoms with Gasteiger partial charge in [0, 0.05) is 39.3 Å². The quantitative estimate of drug-likeness (QED) is 0.719. The Labute approximate surface area is 188 Å². The number of amides is 2. The molecule has 32 heavy (non-hydrogen) atoms. The van der Waals surface area contributed by atoms with Gasteiger partial charge in [-0.3, -0.25) is 23.9 Å². The van der Waals surface area contributed by atoms with Crippen molar-refractivity contribution in [3.8, 4) is 0 Å². The fraction of sp³-hybridized carbons (Fsp3) is 0.583. The Bertz CT molecular complexity index is 1050. The van der Waals surface area contributed by atoms with Gasteiger partial charge in [-0.15, -0.1) is 0 Å². The number of para-hydroxylation sites is 1. The van der Waals surface area contributed by atoms with Crippen LogP contribution >= 0.6 is 0 Å². The van der Waals surface area contributed by atoms with E-state index in [0.717, 1.165) is 18.7 Å². The summed E-state index contributed by atoms with van der Waals surface area (Å²) < 4.78 is 1.39. The molecule has 8 nitrogen and oxygen atoms in total. The molecule has 2 aliphatic heterocycles. The second-order valence-electron chi connectivity index (χ2n) is 9.55. The normalized spacial score (nSPS) is 22.3. The van der Waals surface area contributed by atoms with Gasteiger partial charge in [-0.25, -0.2) is 4.98 Å². The van der Waals surface area contributed by atoms with Gasteiger partial charge in [0.05, 0.1) is 23.8 Å². The van der Waals surface area contributed by atoms with Crippen molar-refractivity contribution < 1.29 is 9.59 Å². The zero-order chi connectivity index (χ0) is 22.8. The van der Waals surface area contributed by atoms with Gasteiger partial charge in [0.2, 0.25) is 11.8 Å². The molecule has 0 saturated carbocycles. The molecule has 0 aliphatic carbocycles. The first kappa shape index (κ1) is 22.5. The van der Waals surface area contributed by atoms with Gasteiger partial charge in [-0.05, 0) is 36.8 Å². The lowest BCUT2D eigenvalue weighted by molar-refractivity contribution is -0.137. The van der Waals surface area contributed by atoms with E-state index >= 15 is 0 Å². The van der Waals surface area contributed by atoms with Crippen molar-refractivity contribution in [1.82, 2.24) is 24.3 Å². The number of rotatable bonds is 4. The summed E-state index contributed by atoms with van der Waals surface area (Å²) in [7, 11) is 0. The number of nitrogens with zero attached hydrogens (tertiary/aromatic N) is 5. The highest BCUT2D eigenvalue weighted by Gasteiger charge is 2.28. The standard InChI is InChI=1S/C24H33N5O3/c1-17-11-18(2)13-28(12-17)21(30)14-26-7-9-27(10-8-26)22(31)15-29-16-25-23-19(3)5-4-6-20(23)24(29)32/h4-6,16-18H,7-15H2,1-3H3. The summed E-state index contributed by atoms with van der Waals surface area (Å²) >= 11 is 0. The van der Waals surface area contributed by atoms with Crippen LogP contribution in [0, 0.1) is 18.8 Å². The van der Waals surface area contributed by atoms with E-state index in [4.69, 9.17) is 0 Å². The van der Waals surface area contributed by atoms with Gasteiger partial charge >= 0.3 is 0 Å². The Morgan fingerprint density at radius 3 is 2.31 bits per heavy atom. The number of hydrogen-bond donors (Lipinski definition) is 0. The smallest absolute Gasteiger partial charge is 0.261 e. The van der Waals surface area contributed by atoms with Crippen molar-refractivity contribution in [1.29, 1.82) is 0 Å². The van der Waals surface area contributed by atoms with Crippen LogP contribution in [0.4, 0.5) is 0 Å². The summed E-state index contributed by atoms with van der Waals surface area (Å²) in [6, 6.07) is 5.50. The number of benzene rings is 1. The van der Waals surface area contributed by atoms with Crippen molar-refractivity contribution in [3.63, 3.8) is 0 Å². The van der Waals surface area contributed by atoms with Gasteiger partial charge < -0.3 is 9.80 Å². The van der Waals surface area contributed by atoms with Gasteiger partial charge in [-0.2, -0.15) is 0 Å². The third kappa shape index (κ3) is 4.85. The number of aromatic nitrogens is 2. The van der Waals surface area contributed by atoms with E-state index in [0.29, 0.717) is 55.5 Å². The van der Waals surface area contributed by atoms with Crippen LogP contribution in [0.15, 0.2) is 29.3 Å². The van der Waals surface area contributed by atoms with E-state index in [1.807, 2.05) is 24.0 Å². The molecule has 2 atom stereocenters. The zero-order valence-corrected chi connectivity index (χ0v) is 19.3. The number of piperidine rings is 1. The van der Waals surface area contributed by atoms with E-state index in [2.05, 4.69) is 23.7 Å². The summed E-state index contributed by atoms with van der Waals surface area (Å²) in [5.41, 5.74) is 1.43. The molecule has 172 valence electrons. The summed E-state index contributed by atoms with van der Waals surface area (Å²) in [5.74, 6) is 1.20. The summed E-state index contributed by atoms with van der Waals surface area (Å²) in [5, 5.41) is 0.532. The topological polar surface area (TPSA) is 78.8 Å². The fourth-order valence-corrected chi connectivity index (χ4v) is 5.01. The van der Waals surface area contributed by atoms with Crippen LogP contribution in [0.2, 0.25) is 0 Å². The van der Waals surface area contributed by atoms with E-state index in [-0.39, 0.29) is 23.9 Å². The van der Waals surface area contributed by atoms with Crippen molar-refractivity contribution in [2.45, 2.75) is 33.7 Å². The Morgan fingerprint density at radius 1 is 0.969 bits per heavy atom. The van der Waals surface area contributed by atoms with Gasteiger partial charge in [0.1, 0.15) is 6.54 Å². The number of likely N-dealkylation sites (tertiary alicyclic amines) is 1. The van der Waals surface area contributed by atoms with E-state index in [9.17, 15) is 14.4 Å². The monoisotopic (exact) mass is 439 g/mol. The summed E-state index contributed by atoms with van der Waals surface area (Å²) in [4.78, 5) is 48.6. The highest BCUT2D eigenvalue weighted by atomic mass is 16.2. The lowest BCUT2D eigenvalue weighted by Gasteiger charge is -2.38. The second-order valence-corrected chi connectivity index (χ2v) is 9.55. The van der Waals surface area contributed by atoms with Gasteiger partial charge in [0.15, 0.2) is 0 Å². The first-order valence-corrected chi connectivity index (χ1v) is 11.5. The van der Waals surface area contributed by atoms with Crippen LogP contribution < -0.4 is 5.56 Å². The van der Waals surface area contributed by atoms with Crippen LogP contribution in [0.1, 0.15) is 25.8 Å². The molecule has 2 unspecified atom stereocenters. The van der Waals surface area contributed by atoms with Gasteiger partial charge in [0.25, 0.3) is 5.56 Å². The molecule has 2 aromatic rings. The Kier molecular flexibility index (Phi) is 6.60. The van der Waals surface area contributed by atoms with E-state index < -0.39 is 0 Å². The Balaban J connectivity index is 1.31. The van der Waals surface area contributed by atoms with Crippen LogP contribution in [-0.4, -0.2) is 81.9 Å². The number of aryl methyl sites for hydroxylation is 1. The van der Waals surface area contributed by atoms with Crippen molar-refractivity contribution >= 4 is 22.7 Å². The third-order valence-electron chi connectivity index (χ3n) is 6.67. The molecular formula is C24H33N5O3. The zero-order valence-electron chi connectivity index (χ0n) is 19.3. The number of carbonyl (C=O) groups excluding carboxylic acids is 2. The second kappa shape index (κ2) is 9.40. The maximum absolute atomic E-state index is 12.8. The molecule has 0 spiro atoms.